The van der Waals surface area contributed by atoms with Gasteiger partial charge in [-0.15, -0.1) is 0 Å². The van der Waals surface area contributed by atoms with Gasteiger partial charge in [0.2, 0.25) is 0 Å². The maximum Gasteiger partial charge on any atom is 0.335 e. The van der Waals surface area contributed by atoms with Crippen molar-refractivity contribution in [2.45, 2.75) is 85.3 Å². The van der Waals surface area contributed by atoms with Crippen LogP contribution in [0.2, 0.25) is 0 Å². The van der Waals surface area contributed by atoms with Crippen LogP contribution in [-0.2, 0) is 0 Å². The number of nitrogens with zero attached hydrogens (tertiary/aromatic N) is 1. The summed E-state index contributed by atoms with van der Waals surface area (Å²) >= 11 is 0. The molecule has 0 spiro atoms. The largest absolute Gasteiger partial charge is 0.481 e. The number of carbonyl (C=O) groups is 1. The lowest BCUT2D eigenvalue weighted by atomic mass is 9.90. The summed E-state index contributed by atoms with van der Waals surface area (Å²) in [7, 11) is 0.500. The van der Waals surface area contributed by atoms with Gasteiger partial charge in [-0.25, -0.2) is 13.6 Å². The Labute approximate surface area is 283 Å². The van der Waals surface area contributed by atoms with Gasteiger partial charge in [-0.05, 0) is 97.8 Å². The first-order valence-electron chi connectivity index (χ1n) is 16.7. The zero-order valence-corrected chi connectivity index (χ0v) is 28.9. The maximum absolute atomic E-state index is 16.4. The summed E-state index contributed by atoms with van der Waals surface area (Å²) in [5.74, 6) is -1.35. The van der Waals surface area contributed by atoms with Gasteiger partial charge >= 0.3 is 5.97 Å². The molecule has 4 nitrogen and oxygen atoms in total. The third kappa shape index (κ3) is 9.30. The van der Waals surface area contributed by atoms with E-state index in [2.05, 4.69) is 11.8 Å². The Morgan fingerprint density at radius 1 is 0.875 bits per heavy atom. The Balaban J connectivity index is 0.00000151. The highest BCUT2D eigenvalue weighted by atomic mass is 19.1. The molecule has 0 amide bonds. The number of alkyl halides is 1. The van der Waals surface area contributed by atoms with Gasteiger partial charge in [0, 0.05) is 23.4 Å². The second kappa shape index (κ2) is 18.7. The van der Waals surface area contributed by atoms with E-state index in [1.165, 1.54) is 24.6 Å². The molecule has 0 bridgehead atoms. The summed E-state index contributed by atoms with van der Waals surface area (Å²) in [5, 5.41) is 9.58. The smallest absolute Gasteiger partial charge is 0.335 e. The number of benzene rings is 4. The van der Waals surface area contributed by atoms with E-state index in [-0.39, 0.29) is 17.4 Å². The van der Waals surface area contributed by atoms with E-state index < -0.39 is 17.9 Å². The van der Waals surface area contributed by atoms with E-state index in [1.807, 2.05) is 64.1 Å². The summed E-state index contributed by atoms with van der Waals surface area (Å²) in [4.78, 5) is 13.9. The summed E-state index contributed by atoms with van der Waals surface area (Å²) in [6, 6.07) is 26.1. The molecule has 0 saturated heterocycles. The van der Waals surface area contributed by atoms with Crippen molar-refractivity contribution in [3.8, 4) is 5.75 Å². The number of ether oxygens (including phenoxy) is 1. The van der Waals surface area contributed by atoms with Crippen molar-refractivity contribution in [2.75, 3.05) is 12.1 Å². The molecule has 1 aliphatic carbocycles. The SMILES string of the molecule is CC.CCC(C)=C(c1ccc(OC(c2ccccc2)c2ccc(F)cc2)cc1F)N(c1ccc(C(=O)O)cc1C)C1CCCCC1.CF. The molecule has 7 heteroatoms. The minimum atomic E-state index is -0.972. The van der Waals surface area contributed by atoms with Crippen molar-refractivity contribution < 1.29 is 27.8 Å². The average Bonchev–Trinajstić information content (AvgIpc) is 3.13. The molecule has 1 aliphatic rings. The Kier molecular flexibility index (Phi) is 14.8. The molecule has 0 aromatic heterocycles. The molecule has 1 fully saturated rings. The Hall–Kier alpha value is -4.52. The summed E-state index contributed by atoms with van der Waals surface area (Å²) in [6.45, 7) is 10.0. The van der Waals surface area contributed by atoms with Gasteiger partial charge in [0.1, 0.15) is 23.5 Å². The lowest BCUT2D eigenvalue weighted by Crippen LogP contribution is -2.37. The predicted octanol–water partition coefficient (Wildman–Crippen LogP) is 11.7. The fraction of sp³-hybridized carbons (Fsp3) is 0.341. The molecule has 1 N–H and O–H groups in total. The molecular formula is C41H48F3NO3. The number of hydrogen-bond acceptors (Lipinski definition) is 3. The minimum absolute atomic E-state index is 0.158. The lowest BCUT2D eigenvalue weighted by molar-refractivity contribution is 0.0696. The third-order valence-corrected chi connectivity index (χ3v) is 8.54. The number of allylic oxidation sites excluding steroid dienone is 1. The number of carboxylic acids is 1. The Morgan fingerprint density at radius 2 is 1.50 bits per heavy atom. The van der Waals surface area contributed by atoms with Crippen LogP contribution in [0.15, 0.2) is 96.6 Å². The summed E-state index contributed by atoms with van der Waals surface area (Å²) in [6.07, 6.45) is 5.47. The van der Waals surface area contributed by atoms with Gasteiger partial charge in [-0.1, -0.05) is 82.5 Å². The van der Waals surface area contributed by atoms with Gasteiger partial charge in [0.25, 0.3) is 0 Å². The third-order valence-electron chi connectivity index (χ3n) is 8.54. The maximum atomic E-state index is 16.4. The van der Waals surface area contributed by atoms with Crippen LogP contribution < -0.4 is 9.64 Å². The first kappa shape index (κ1) is 37.9. The highest BCUT2D eigenvalue weighted by molar-refractivity contribution is 5.90. The van der Waals surface area contributed by atoms with Gasteiger partial charge in [-0.2, -0.15) is 0 Å². The van der Waals surface area contributed by atoms with Crippen LogP contribution in [0.4, 0.5) is 18.9 Å². The molecule has 1 atom stereocenters. The molecule has 4 aromatic rings. The Bertz CT molecular complexity index is 1630. The molecule has 48 heavy (non-hydrogen) atoms. The average molecular weight is 660 g/mol. The second-order valence-corrected chi connectivity index (χ2v) is 11.6. The zero-order valence-electron chi connectivity index (χ0n) is 28.9. The van der Waals surface area contributed by atoms with Crippen LogP contribution in [0, 0.1) is 18.6 Å². The van der Waals surface area contributed by atoms with E-state index in [9.17, 15) is 18.7 Å². The first-order valence-corrected chi connectivity index (χ1v) is 16.7. The van der Waals surface area contributed by atoms with Crippen LogP contribution in [-0.4, -0.2) is 24.3 Å². The van der Waals surface area contributed by atoms with Gasteiger partial charge in [0.15, 0.2) is 0 Å². The van der Waals surface area contributed by atoms with Crippen LogP contribution in [0.3, 0.4) is 0 Å². The first-order chi connectivity index (χ1) is 23.3. The van der Waals surface area contributed by atoms with Crippen LogP contribution in [0.25, 0.3) is 5.70 Å². The number of halogens is 3. The lowest BCUT2D eigenvalue weighted by Gasteiger charge is -2.40. The number of carboxylic acid groups (broad SMARTS) is 1. The van der Waals surface area contributed by atoms with Crippen LogP contribution in [0.1, 0.15) is 105 Å². The van der Waals surface area contributed by atoms with Crippen molar-refractivity contribution in [1.29, 1.82) is 0 Å². The fourth-order valence-electron chi connectivity index (χ4n) is 6.12. The van der Waals surface area contributed by atoms with Gasteiger partial charge in [-0.3, -0.25) is 4.39 Å². The van der Waals surface area contributed by atoms with Gasteiger partial charge < -0.3 is 14.7 Å². The fourth-order valence-corrected chi connectivity index (χ4v) is 6.12. The topological polar surface area (TPSA) is 49.8 Å². The van der Waals surface area contributed by atoms with Crippen LogP contribution >= 0.6 is 0 Å². The van der Waals surface area contributed by atoms with E-state index in [4.69, 9.17) is 4.74 Å². The van der Waals surface area contributed by atoms with Crippen molar-refractivity contribution >= 4 is 17.4 Å². The highest BCUT2D eigenvalue weighted by Gasteiger charge is 2.29. The zero-order chi connectivity index (χ0) is 35.2. The van der Waals surface area contributed by atoms with Crippen molar-refractivity contribution in [2.24, 2.45) is 0 Å². The van der Waals surface area contributed by atoms with E-state index in [0.29, 0.717) is 18.5 Å². The van der Waals surface area contributed by atoms with Crippen molar-refractivity contribution in [3.05, 3.63) is 136 Å². The van der Waals surface area contributed by atoms with Gasteiger partial charge in [0.05, 0.1) is 18.4 Å². The number of aryl methyl sites for hydroxylation is 1. The number of anilines is 1. The normalized spacial score (nSPS) is 13.9. The second-order valence-electron chi connectivity index (χ2n) is 11.6. The molecule has 0 radical (unpaired) electrons. The monoisotopic (exact) mass is 659 g/mol. The molecule has 1 saturated carbocycles. The molecule has 0 heterocycles. The van der Waals surface area contributed by atoms with E-state index in [1.54, 1.807) is 36.4 Å². The van der Waals surface area contributed by atoms with E-state index >= 15 is 4.39 Å². The molecule has 256 valence electrons. The number of hydrogen-bond donors (Lipinski definition) is 1. The number of aromatic carboxylic acids is 1. The Morgan fingerprint density at radius 3 is 2.06 bits per heavy atom. The quantitative estimate of drug-likeness (QED) is 0.184. The molecular weight excluding hydrogens is 611 g/mol. The molecule has 4 aromatic carbocycles. The summed E-state index contributed by atoms with van der Waals surface area (Å²) < 4.78 is 46.0. The molecule has 0 aliphatic heterocycles. The van der Waals surface area contributed by atoms with E-state index in [0.717, 1.165) is 65.8 Å². The predicted molar refractivity (Wildman–Crippen MR) is 190 cm³/mol. The standard InChI is InChI=1S/C38H39F2NO3.C2H6.CH3F/c1-4-25(2)36(41(31-13-9-6-10-14-31)35-22-17-29(38(42)43)23-26(35)3)33-21-20-32(24-34(33)40)44-37(27-11-7-5-8-12-27)28-15-18-30(39)19-16-28;2*1-2/h5,7-8,11-12,15-24,31,37H,4,6,9-10,13-14H2,1-3H3,(H,42,43);1-2H3;1H3. The molecule has 5 rings (SSSR count). The molecule has 1 unspecified atom stereocenters. The van der Waals surface area contributed by atoms with Crippen molar-refractivity contribution in [3.63, 3.8) is 0 Å². The number of rotatable bonds is 10. The minimum Gasteiger partial charge on any atom is -0.481 e. The van der Waals surface area contributed by atoms with Crippen molar-refractivity contribution in [1.82, 2.24) is 0 Å². The highest BCUT2D eigenvalue weighted by Crippen LogP contribution is 2.40. The van der Waals surface area contributed by atoms with Crippen LogP contribution in [0.5, 0.6) is 5.75 Å². The summed E-state index contributed by atoms with van der Waals surface area (Å²) in [5.41, 5.74) is 5.91.